The van der Waals surface area contributed by atoms with E-state index in [0.717, 1.165) is 0 Å². The van der Waals surface area contributed by atoms with E-state index in [2.05, 4.69) is 19.9 Å². The average Bonchev–Trinajstić information content (AvgIpc) is 2.29. The molecule has 9 nitrogen and oxygen atoms in total. The number of carbonyl (C=O) groups is 1. The summed E-state index contributed by atoms with van der Waals surface area (Å²) < 4.78 is 0. The molecular formula is C8H8N6O3. The van der Waals surface area contributed by atoms with Gasteiger partial charge >= 0.3 is 0 Å². The highest BCUT2D eigenvalue weighted by Crippen LogP contribution is 2.03. The van der Waals surface area contributed by atoms with Crippen LogP contribution in [0.2, 0.25) is 0 Å². The van der Waals surface area contributed by atoms with Crippen molar-refractivity contribution in [3.63, 3.8) is 0 Å². The Bertz CT molecular complexity index is 637. The molecule has 0 unspecified atom stereocenters. The number of nitrogens with one attached hydrogen (secondary N) is 2. The monoisotopic (exact) mass is 236 g/mol. The van der Waals surface area contributed by atoms with E-state index >= 15 is 0 Å². The molecule has 88 valence electrons. The van der Waals surface area contributed by atoms with Gasteiger partial charge in [-0.05, 0) is 0 Å². The lowest BCUT2D eigenvalue weighted by atomic mass is 10.3. The summed E-state index contributed by atoms with van der Waals surface area (Å²) in [6.45, 7) is 0. The lowest BCUT2D eigenvalue weighted by Crippen LogP contribution is -2.22. The van der Waals surface area contributed by atoms with Gasteiger partial charge < -0.3 is 5.73 Å². The van der Waals surface area contributed by atoms with Crippen molar-refractivity contribution in [1.82, 2.24) is 25.4 Å². The Morgan fingerprint density at radius 1 is 1.53 bits per heavy atom. The molecule has 0 atom stereocenters. The number of nitrogen functional groups attached to an aromatic ring is 1. The topological polar surface area (TPSA) is 147 Å². The van der Waals surface area contributed by atoms with Crippen molar-refractivity contribution >= 4 is 23.0 Å². The van der Waals surface area contributed by atoms with Crippen molar-refractivity contribution in [2.75, 3.05) is 5.73 Å². The number of carbonyl (C=O) groups excluding carboxylic acids is 1. The third kappa shape index (κ3) is 2.18. The fourth-order valence-electron chi connectivity index (χ4n) is 1.26. The van der Waals surface area contributed by atoms with Crippen LogP contribution in [-0.4, -0.2) is 31.1 Å². The molecule has 0 aromatic carbocycles. The summed E-state index contributed by atoms with van der Waals surface area (Å²) in [5.41, 5.74) is 6.58. The summed E-state index contributed by atoms with van der Waals surface area (Å²) in [6.07, 6.45) is 1.09. The first-order chi connectivity index (χ1) is 8.10. The number of nitrogens with two attached hydrogens (primary N) is 1. The van der Waals surface area contributed by atoms with Crippen LogP contribution in [0.5, 0.6) is 0 Å². The molecule has 2 heterocycles. The van der Waals surface area contributed by atoms with E-state index in [0.29, 0.717) is 0 Å². The van der Waals surface area contributed by atoms with Crippen molar-refractivity contribution in [2.24, 2.45) is 0 Å². The lowest BCUT2D eigenvalue weighted by molar-refractivity contribution is -0.128. The minimum Gasteiger partial charge on any atom is -0.369 e. The van der Waals surface area contributed by atoms with E-state index < -0.39 is 11.5 Å². The largest absolute Gasteiger partial charge is 0.369 e. The molecule has 0 spiro atoms. The zero-order valence-electron chi connectivity index (χ0n) is 8.47. The van der Waals surface area contributed by atoms with Gasteiger partial charge in [0.05, 0.1) is 18.3 Å². The van der Waals surface area contributed by atoms with Gasteiger partial charge in [0, 0.05) is 0 Å². The zero-order chi connectivity index (χ0) is 12.4. The number of aromatic amines is 1. The quantitative estimate of drug-likeness (QED) is 0.360. The standard InChI is InChI=1S/C8H8N6O3/c9-8-12-6-5(7(16)13-8)11-3(2-10-6)1-4(15)14-17/h2,17H,1H2,(H,14,15)(H3,9,10,12,13,16). The first kappa shape index (κ1) is 11.0. The maximum absolute atomic E-state index is 11.5. The molecule has 0 saturated heterocycles. The number of hydrogen-bond acceptors (Lipinski definition) is 7. The Balaban J connectivity index is 2.50. The average molecular weight is 236 g/mol. The van der Waals surface area contributed by atoms with Crippen LogP contribution in [0.25, 0.3) is 11.2 Å². The summed E-state index contributed by atoms with van der Waals surface area (Å²) in [7, 11) is 0. The second-order valence-corrected chi connectivity index (χ2v) is 3.20. The minimum absolute atomic E-state index is 0.0116. The highest BCUT2D eigenvalue weighted by Gasteiger charge is 2.09. The summed E-state index contributed by atoms with van der Waals surface area (Å²) in [6, 6.07) is 0. The van der Waals surface area contributed by atoms with E-state index in [1.807, 2.05) is 0 Å². The Hall–Kier alpha value is -2.55. The normalized spacial score (nSPS) is 10.4. The molecule has 1 amide bonds. The predicted octanol–water partition coefficient (Wildman–Crippen LogP) is -1.66. The van der Waals surface area contributed by atoms with Crippen LogP contribution in [0.3, 0.4) is 0 Å². The van der Waals surface area contributed by atoms with Gasteiger partial charge in [-0.25, -0.2) is 15.4 Å². The molecular weight excluding hydrogens is 228 g/mol. The Morgan fingerprint density at radius 3 is 3.00 bits per heavy atom. The Kier molecular flexibility index (Phi) is 2.66. The van der Waals surface area contributed by atoms with Gasteiger partial charge in [-0.1, -0.05) is 0 Å². The Morgan fingerprint density at radius 2 is 2.29 bits per heavy atom. The van der Waals surface area contributed by atoms with Crippen molar-refractivity contribution < 1.29 is 10.0 Å². The summed E-state index contributed by atoms with van der Waals surface area (Å²) >= 11 is 0. The van der Waals surface area contributed by atoms with Crippen LogP contribution in [0, 0.1) is 0 Å². The number of H-pyrrole nitrogens is 1. The van der Waals surface area contributed by atoms with Crippen molar-refractivity contribution in [3.8, 4) is 0 Å². The first-order valence-corrected chi connectivity index (χ1v) is 4.54. The zero-order valence-corrected chi connectivity index (χ0v) is 8.47. The lowest BCUT2D eigenvalue weighted by Gasteiger charge is -2.00. The summed E-state index contributed by atoms with van der Waals surface area (Å²) in [5, 5.41) is 8.36. The second kappa shape index (κ2) is 4.14. The van der Waals surface area contributed by atoms with E-state index in [-0.39, 0.29) is 29.2 Å². The van der Waals surface area contributed by atoms with Crippen LogP contribution in [0.4, 0.5) is 5.95 Å². The molecule has 0 aliphatic heterocycles. The van der Waals surface area contributed by atoms with Gasteiger partial charge in [-0.15, -0.1) is 0 Å². The first-order valence-electron chi connectivity index (χ1n) is 4.54. The van der Waals surface area contributed by atoms with Gasteiger partial charge in [-0.3, -0.25) is 19.8 Å². The number of hydrogen-bond donors (Lipinski definition) is 4. The smallest absolute Gasteiger partial charge is 0.280 e. The molecule has 0 bridgehead atoms. The predicted molar refractivity (Wildman–Crippen MR) is 56.0 cm³/mol. The van der Waals surface area contributed by atoms with Crippen LogP contribution >= 0.6 is 0 Å². The molecule has 0 aliphatic rings. The number of anilines is 1. The van der Waals surface area contributed by atoms with E-state index in [4.69, 9.17) is 10.9 Å². The van der Waals surface area contributed by atoms with Gasteiger partial charge in [0.15, 0.2) is 11.2 Å². The molecule has 9 heteroatoms. The van der Waals surface area contributed by atoms with Crippen LogP contribution < -0.4 is 16.8 Å². The summed E-state index contributed by atoms with van der Waals surface area (Å²) in [4.78, 5) is 36.2. The maximum Gasteiger partial charge on any atom is 0.280 e. The van der Waals surface area contributed by atoms with Crippen LogP contribution in [0.15, 0.2) is 11.0 Å². The third-order valence-corrected chi connectivity index (χ3v) is 1.95. The highest BCUT2D eigenvalue weighted by molar-refractivity contribution is 5.77. The molecule has 5 N–H and O–H groups in total. The highest BCUT2D eigenvalue weighted by atomic mass is 16.5. The number of rotatable bonds is 2. The van der Waals surface area contributed by atoms with Crippen LogP contribution in [-0.2, 0) is 11.2 Å². The molecule has 0 aliphatic carbocycles. The maximum atomic E-state index is 11.5. The molecule has 2 rings (SSSR count). The number of amides is 1. The van der Waals surface area contributed by atoms with Crippen molar-refractivity contribution in [3.05, 3.63) is 22.2 Å². The van der Waals surface area contributed by atoms with Gasteiger partial charge in [0.2, 0.25) is 11.9 Å². The van der Waals surface area contributed by atoms with E-state index in [1.54, 1.807) is 0 Å². The number of fused-ring (bicyclic) bond motifs is 1. The molecule has 2 aromatic heterocycles. The SMILES string of the molecule is Nc1nc2ncc(CC(=O)NO)nc2c(=O)[nH]1. The fraction of sp³-hybridized carbons (Fsp3) is 0.125. The number of nitrogens with zero attached hydrogens (tertiary/aromatic N) is 3. The summed E-state index contributed by atoms with van der Waals surface area (Å²) in [5.74, 6) is -0.712. The molecule has 2 aromatic rings. The Labute approximate surface area is 93.7 Å². The molecule has 0 saturated carbocycles. The molecule has 17 heavy (non-hydrogen) atoms. The van der Waals surface area contributed by atoms with Crippen LogP contribution in [0.1, 0.15) is 5.69 Å². The number of hydroxylamine groups is 1. The van der Waals surface area contributed by atoms with Gasteiger partial charge in [-0.2, -0.15) is 4.98 Å². The van der Waals surface area contributed by atoms with Crippen molar-refractivity contribution in [2.45, 2.75) is 6.42 Å². The van der Waals surface area contributed by atoms with Gasteiger partial charge in [0.25, 0.3) is 5.56 Å². The third-order valence-electron chi connectivity index (χ3n) is 1.95. The van der Waals surface area contributed by atoms with Gasteiger partial charge in [0.1, 0.15) is 0 Å². The van der Waals surface area contributed by atoms with E-state index in [9.17, 15) is 9.59 Å². The minimum atomic E-state index is -0.654. The molecule has 0 fully saturated rings. The molecule has 0 radical (unpaired) electrons. The number of aromatic nitrogens is 4. The van der Waals surface area contributed by atoms with E-state index in [1.165, 1.54) is 11.7 Å². The fourth-order valence-corrected chi connectivity index (χ4v) is 1.26. The second-order valence-electron chi connectivity index (χ2n) is 3.20. The van der Waals surface area contributed by atoms with Crippen molar-refractivity contribution in [1.29, 1.82) is 0 Å².